The quantitative estimate of drug-likeness (QED) is 0.145. The van der Waals surface area contributed by atoms with Crippen LogP contribution >= 0.6 is 0 Å². The van der Waals surface area contributed by atoms with E-state index in [4.69, 9.17) is 28.9 Å². The number of carbonyl (C=O) groups excluding carboxylic acids is 4. The molecule has 5 fully saturated rings. The normalized spacial score (nSPS) is 26.5. The molecule has 4 amide bonds. The second-order valence-electron chi connectivity index (χ2n) is 18.1. The number of aromatic nitrogens is 4. The van der Waals surface area contributed by atoms with E-state index in [1.807, 2.05) is 22.1 Å². The van der Waals surface area contributed by atoms with Gasteiger partial charge in [-0.3, -0.25) is 9.59 Å². The summed E-state index contributed by atoms with van der Waals surface area (Å²) in [7, 11) is 2.63. The molecule has 9 atom stereocenters. The van der Waals surface area contributed by atoms with Gasteiger partial charge in [0.2, 0.25) is 11.8 Å². The number of rotatable bonds is 9. The van der Waals surface area contributed by atoms with E-state index in [2.05, 4.69) is 76.6 Å². The van der Waals surface area contributed by atoms with Crippen LogP contribution in [0.2, 0.25) is 0 Å². The third-order valence-electron chi connectivity index (χ3n) is 14.3. The zero-order valence-electron chi connectivity index (χ0n) is 36.9. The Morgan fingerprint density at radius 3 is 2.11 bits per heavy atom. The van der Waals surface area contributed by atoms with Gasteiger partial charge in [-0.1, -0.05) is 31.0 Å². The zero-order chi connectivity index (χ0) is 44.5. The van der Waals surface area contributed by atoms with E-state index in [0.717, 1.165) is 65.5 Å². The summed E-state index contributed by atoms with van der Waals surface area (Å²) >= 11 is 0. The number of carbonyl (C=O) groups is 4. The monoisotopic (exact) mass is 874 g/mol. The third kappa shape index (κ3) is 8.80. The van der Waals surface area contributed by atoms with Crippen molar-refractivity contribution >= 4 is 34.8 Å². The van der Waals surface area contributed by atoms with Gasteiger partial charge in [-0.2, -0.15) is 0 Å². The number of piperidine rings is 1. The maximum Gasteiger partial charge on any atom is 0.407 e. The molecule has 2 aromatic heterocycles. The van der Waals surface area contributed by atoms with E-state index in [1.54, 1.807) is 6.20 Å². The van der Waals surface area contributed by atoms with E-state index in [1.165, 1.54) is 14.2 Å². The molecule has 0 spiro atoms. The number of fused-ring (bicyclic) bond motifs is 2. The fraction of sp³-hybridized carbons (Fsp3) is 0.542. The van der Waals surface area contributed by atoms with Gasteiger partial charge in [-0.05, 0) is 117 Å². The summed E-state index contributed by atoms with van der Waals surface area (Å²) in [5, 5.41) is 7.78. The lowest BCUT2D eigenvalue weighted by molar-refractivity contribution is -0.139. The molecule has 16 nitrogen and oxygen atoms in total. The summed E-state index contributed by atoms with van der Waals surface area (Å²) in [4.78, 5) is 73.7. The van der Waals surface area contributed by atoms with Crippen molar-refractivity contribution in [3.05, 3.63) is 71.7 Å². The van der Waals surface area contributed by atoms with Crippen molar-refractivity contribution in [2.75, 3.05) is 40.6 Å². The van der Waals surface area contributed by atoms with Crippen molar-refractivity contribution in [2.24, 2.45) is 23.7 Å². The van der Waals surface area contributed by atoms with Gasteiger partial charge < -0.3 is 49.3 Å². The predicted octanol–water partition coefficient (Wildman–Crippen LogP) is 6.01. The number of hydrogen-bond donors (Lipinski definition) is 4. The molecule has 4 saturated heterocycles. The molecule has 1 unspecified atom stereocenters. The van der Waals surface area contributed by atoms with Crippen LogP contribution < -0.4 is 10.6 Å². The van der Waals surface area contributed by atoms with Gasteiger partial charge in [0.25, 0.3) is 0 Å². The number of nitrogens with one attached hydrogen (secondary N) is 4. The number of likely N-dealkylation sites (tertiary alicyclic amines) is 2. The molecule has 1 aliphatic carbocycles. The Morgan fingerprint density at radius 1 is 0.734 bits per heavy atom. The van der Waals surface area contributed by atoms with Crippen LogP contribution in [-0.4, -0.2) is 119 Å². The average Bonchev–Trinajstić information content (AvgIpc) is 3.87. The largest absolute Gasteiger partial charge is 0.453 e. The molecule has 1 saturated carbocycles. The number of methoxy groups -OCH3 is 2. The lowest BCUT2D eigenvalue weighted by Crippen LogP contribution is -2.54. The topological polar surface area (TPSA) is 193 Å². The Hall–Kier alpha value is -5.92. The van der Waals surface area contributed by atoms with Crippen LogP contribution in [0.1, 0.15) is 100 Å². The summed E-state index contributed by atoms with van der Waals surface area (Å²) in [6.45, 7) is 6.53. The van der Waals surface area contributed by atoms with Crippen molar-refractivity contribution in [3.63, 3.8) is 0 Å². The van der Waals surface area contributed by atoms with Crippen LogP contribution in [0.5, 0.6) is 0 Å². The van der Waals surface area contributed by atoms with E-state index in [0.29, 0.717) is 69.0 Å². The molecule has 0 radical (unpaired) electrons. The summed E-state index contributed by atoms with van der Waals surface area (Å²) < 4.78 is 21.1. The number of imidazole rings is 2. The third-order valence-corrected chi connectivity index (χ3v) is 14.3. The molecule has 338 valence electrons. The number of alkyl carbamates (subject to hydrolysis) is 2. The van der Waals surface area contributed by atoms with Gasteiger partial charge in [0, 0.05) is 49.6 Å². The maximum absolute atomic E-state index is 14.3. The second-order valence-corrected chi connectivity index (χ2v) is 18.1. The first-order chi connectivity index (χ1) is 31.1. The SMILES string of the molecule is COC(=O)N[C@H](C(=O)N1[C@@H]2[C@H](C)[C@@H]2C[C@H]1c1ncc(C#Cc2ccc3cc(-c4cnc([C@@H]5CC[C@H](C)N5C(=O)[C@@H](NC(=O)OC)C5CCCOCC5)[nH]4)ccc3c2)[nH]1)C1CCOCC1. The molecule has 4 aromatic rings. The summed E-state index contributed by atoms with van der Waals surface area (Å²) in [5.74, 6) is 8.40. The number of ether oxygens (including phenoxy) is 4. The van der Waals surface area contributed by atoms with Gasteiger partial charge in [0.15, 0.2) is 0 Å². The van der Waals surface area contributed by atoms with Crippen molar-refractivity contribution in [3.8, 4) is 23.1 Å². The van der Waals surface area contributed by atoms with Crippen LogP contribution in [0.3, 0.4) is 0 Å². The Balaban J connectivity index is 0.884. The number of nitrogens with zero attached hydrogens (tertiary/aromatic N) is 4. The van der Waals surface area contributed by atoms with Crippen LogP contribution in [-0.2, 0) is 28.5 Å². The molecule has 6 heterocycles. The maximum atomic E-state index is 14.3. The Bertz CT molecular complexity index is 2430. The molecular weight excluding hydrogens is 817 g/mol. The zero-order valence-corrected chi connectivity index (χ0v) is 36.9. The minimum absolute atomic E-state index is 0.0235. The van der Waals surface area contributed by atoms with Crippen molar-refractivity contribution in [1.29, 1.82) is 0 Å². The van der Waals surface area contributed by atoms with E-state index in [-0.39, 0.29) is 47.8 Å². The molecule has 5 aliphatic rings. The first kappa shape index (κ1) is 43.3. The first-order valence-electron chi connectivity index (χ1n) is 22.8. The average molecular weight is 875 g/mol. The van der Waals surface area contributed by atoms with Crippen LogP contribution in [0, 0.1) is 35.5 Å². The Kier molecular flexibility index (Phi) is 12.6. The minimum atomic E-state index is -0.715. The van der Waals surface area contributed by atoms with Gasteiger partial charge in [-0.25, -0.2) is 19.6 Å². The van der Waals surface area contributed by atoms with Gasteiger partial charge in [0.05, 0.1) is 44.4 Å². The highest BCUT2D eigenvalue weighted by Gasteiger charge is 2.62. The Morgan fingerprint density at radius 2 is 1.38 bits per heavy atom. The second kappa shape index (κ2) is 18.7. The first-order valence-corrected chi connectivity index (χ1v) is 22.8. The molecule has 9 rings (SSSR count). The molecular formula is C48H58N8O8. The number of benzene rings is 2. The van der Waals surface area contributed by atoms with E-state index >= 15 is 0 Å². The smallest absolute Gasteiger partial charge is 0.407 e. The van der Waals surface area contributed by atoms with Crippen LogP contribution in [0.4, 0.5) is 9.59 Å². The summed E-state index contributed by atoms with van der Waals surface area (Å²) in [6.07, 6.45) is 8.36. The Labute approximate surface area is 372 Å². The lowest BCUT2D eigenvalue weighted by Gasteiger charge is -2.35. The molecule has 2 aromatic carbocycles. The minimum Gasteiger partial charge on any atom is -0.453 e. The van der Waals surface area contributed by atoms with Crippen molar-refractivity contribution in [1.82, 2.24) is 40.4 Å². The number of aromatic amines is 2. The highest BCUT2D eigenvalue weighted by Crippen LogP contribution is 2.57. The number of hydrogen-bond acceptors (Lipinski definition) is 10. The van der Waals surface area contributed by atoms with Gasteiger partial charge in [-0.15, -0.1) is 0 Å². The molecule has 0 bridgehead atoms. The number of H-pyrrole nitrogens is 2. The van der Waals surface area contributed by atoms with Crippen molar-refractivity contribution < 1.29 is 38.1 Å². The van der Waals surface area contributed by atoms with Crippen LogP contribution in [0.25, 0.3) is 22.0 Å². The fourth-order valence-corrected chi connectivity index (χ4v) is 10.7. The van der Waals surface area contributed by atoms with Crippen molar-refractivity contribution in [2.45, 2.75) is 101 Å². The fourth-order valence-electron chi connectivity index (χ4n) is 10.7. The van der Waals surface area contributed by atoms with E-state index in [9.17, 15) is 19.2 Å². The van der Waals surface area contributed by atoms with Gasteiger partial charge in [0.1, 0.15) is 29.4 Å². The lowest BCUT2D eigenvalue weighted by atomic mass is 9.90. The standard InChI is InChI=1S/C48H58N8O8/c1-27-7-14-38(55(27)45(57)40(53-47(59)61-3)30-6-5-18-63-19-15-30)43-50-26-37(52-43)34-12-11-32-22-29(8-10-33(32)23-34)9-13-35-25-49-44(51-35)39-24-36-28(2)42(36)56(39)46(58)41(54-48(60)62-4)31-16-20-64-21-17-31/h8,10-12,22-23,25-28,30-31,36,38-42H,5-7,14-21,24H2,1-4H3,(H,49,51)(H,50,52)(H,53,59)(H,54,60)/t27-,28+,30?,36-,38-,39-,40-,41-,42+/m0/s1. The predicted molar refractivity (Wildman–Crippen MR) is 235 cm³/mol. The summed E-state index contributed by atoms with van der Waals surface area (Å²) in [5.41, 5.74) is 3.31. The van der Waals surface area contributed by atoms with Gasteiger partial charge >= 0.3 is 12.2 Å². The molecule has 64 heavy (non-hydrogen) atoms. The highest BCUT2D eigenvalue weighted by atomic mass is 16.5. The molecule has 4 N–H and O–H groups in total. The number of amides is 4. The van der Waals surface area contributed by atoms with E-state index < -0.39 is 24.3 Å². The van der Waals surface area contributed by atoms with Crippen LogP contribution in [0.15, 0.2) is 48.8 Å². The summed E-state index contributed by atoms with van der Waals surface area (Å²) in [6, 6.07) is 10.5. The molecule has 4 aliphatic heterocycles. The highest BCUT2D eigenvalue weighted by molar-refractivity contribution is 5.89. The molecule has 16 heteroatoms.